The van der Waals surface area contributed by atoms with Gasteiger partial charge in [-0.25, -0.2) is 18.2 Å². The van der Waals surface area contributed by atoms with Crippen LogP contribution in [0.4, 0.5) is 13.2 Å². The van der Waals surface area contributed by atoms with E-state index in [-0.39, 0.29) is 5.69 Å². The lowest BCUT2D eigenvalue weighted by molar-refractivity contribution is -0.141. The van der Waals surface area contributed by atoms with Crippen LogP contribution >= 0.6 is 0 Å². The van der Waals surface area contributed by atoms with Crippen molar-refractivity contribution in [2.45, 2.75) is 24.9 Å². The standard InChI is InChI=1S/C18H16F3N3O2S/c1-11-3-4-12(2)15(9-11)16-10-17(18(19,20)21)23-24(16)13-5-7-14(8-6-13)27(22,25)26/h3-10H,1-2H3,(H2,22,25,26)/i5D,6D,7D,8D. The highest BCUT2D eigenvalue weighted by atomic mass is 32.2. The minimum Gasteiger partial charge on any atom is -0.232 e. The molecule has 27 heavy (non-hydrogen) atoms. The SMILES string of the molecule is [2H]c1c([2H])c(S(N)(=O)=O)c([2H])c([2H])c1-n1nc(C(F)(F)F)cc1-c1cc(C)ccc1C. The highest BCUT2D eigenvalue weighted by molar-refractivity contribution is 7.89. The first kappa shape index (κ1) is 14.4. The molecule has 1 aromatic heterocycles. The van der Waals surface area contributed by atoms with Gasteiger partial charge in [0, 0.05) is 5.56 Å². The minimum absolute atomic E-state index is 0.127. The Hall–Kier alpha value is -2.65. The Bertz CT molecular complexity index is 1290. The van der Waals surface area contributed by atoms with E-state index in [0.29, 0.717) is 15.8 Å². The molecule has 0 fully saturated rings. The molecule has 3 rings (SSSR count). The fraction of sp³-hybridized carbons (Fsp3) is 0.167. The van der Waals surface area contributed by atoms with Crippen LogP contribution in [0.15, 0.2) is 53.3 Å². The molecule has 0 radical (unpaired) electrons. The Balaban J connectivity index is 2.47. The molecule has 9 heteroatoms. The number of aromatic nitrogens is 2. The van der Waals surface area contributed by atoms with E-state index in [0.717, 1.165) is 11.6 Å². The number of nitrogens with two attached hydrogens (primary N) is 1. The lowest BCUT2D eigenvalue weighted by atomic mass is 10.0. The van der Waals surface area contributed by atoms with Crippen LogP contribution in [0.5, 0.6) is 0 Å². The number of sulfonamides is 1. The van der Waals surface area contributed by atoms with Gasteiger partial charge in [0.2, 0.25) is 10.0 Å². The first-order valence-corrected chi connectivity index (χ1v) is 9.07. The van der Waals surface area contributed by atoms with Crippen molar-refractivity contribution in [3.05, 3.63) is 65.3 Å². The van der Waals surface area contributed by atoms with Gasteiger partial charge >= 0.3 is 6.18 Å². The molecule has 3 aromatic rings. The molecule has 0 atom stereocenters. The van der Waals surface area contributed by atoms with E-state index in [1.807, 2.05) is 0 Å². The van der Waals surface area contributed by atoms with Crippen LogP contribution in [0.1, 0.15) is 22.3 Å². The van der Waals surface area contributed by atoms with Crippen molar-refractivity contribution in [1.29, 1.82) is 0 Å². The van der Waals surface area contributed by atoms with Gasteiger partial charge in [-0.15, -0.1) is 0 Å². The smallest absolute Gasteiger partial charge is 0.232 e. The van der Waals surface area contributed by atoms with E-state index in [4.69, 9.17) is 10.6 Å². The molecule has 2 aromatic carbocycles. The second-order valence-corrected chi connectivity index (χ2v) is 7.36. The summed E-state index contributed by atoms with van der Waals surface area (Å²) in [4.78, 5) is -1.05. The van der Waals surface area contributed by atoms with Gasteiger partial charge in [0.1, 0.15) is 0 Å². The van der Waals surface area contributed by atoms with Crippen molar-refractivity contribution in [3.63, 3.8) is 0 Å². The zero-order valence-electron chi connectivity index (χ0n) is 18.1. The summed E-state index contributed by atoms with van der Waals surface area (Å²) in [6.45, 7) is 3.38. The Morgan fingerprint density at radius 2 is 1.74 bits per heavy atom. The molecule has 0 saturated carbocycles. The maximum Gasteiger partial charge on any atom is 0.435 e. The molecule has 0 unspecified atom stereocenters. The molecule has 1 heterocycles. The summed E-state index contributed by atoms with van der Waals surface area (Å²) in [5, 5.41) is 8.50. The summed E-state index contributed by atoms with van der Waals surface area (Å²) < 4.78 is 96.6. The van der Waals surface area contributed by atoms with Gasteiger partial charge < -0.3 is 0 Å². The number of primary sulfonamides is 1. The zero-order valence-corrected chi connectivity index (χ0v) is 15.0. The van der Waals surface area contributed by atoms with E-state index in [9.17, 15) is 21.6 Å². The first-order valence-electron chi connectivity index (χ1n) is 9.53. The summed E-state index contributed by atoms with van der Waals surface area (Å²) in [5.41, 5.74) is -0.430. The first-order chi connectivity index (χ1) is 14.1. The van der Waals surface area contributed by atoms with E-state index < -0.39 is 56.6 Å². The molecule has 0 aliphatic heterocycles. The van der Waals surface area contributed by atoms with Crippen molar-refractivity contribution in [2.75, 3.05) is 0 Å². The van der Waals surface area contributed by atoms with Crippen LogP contribution in [-0.2, 0) is 16.2 Å². The Morgan fingerprint density at radius 3 is 2.30 bits per heavy atom. The molecule has 0 spiro atoms. The zero-order chi connectivity index (χ0) is 23.5. The monoisotopic (exact) mass is 399 g/mol. The fourth-order valence-electron chi connectivity index (χ4n) is 2.44. The average molecular weight is 399 g/mol. The molecular weight excluding hydrogens is 379 g/mol. The van der Waals surface area contributed by atoms with Crippen molar-refractivity contribution in [1.82, 2.24) is 9.78 Å². The topological polar surface area (TPSA) is 78.0 Å². The van der Waals surface area contributed by atoms with E-state index in [1.165, 1.54) is 0 Å². The van der Waals surface area contributed by atoms with E-state index >= 15 is 0 Å². The highest BCUT2D eigenvalue weighted by Gasteiger charge is 2.35. The molecule has 2 N–H and O–H groups in total. The number of alkyl halides is 3. The molecule has 0 bridgehead atoms. The predicted molar refractivity (Wildman–Crippen MR) is 94.8 cm³/mol. The summed E-state index contributed by atoms with van der Waals surface area (Å²) in [7, 11) is -4.63. The number of aryl methyl sites for hydroxylation is 2. The van der Waals surface area contributed by atoms with Crippen LogP contribution in [0.2, 0.25) is 0 Å². The average Bonchev–Trinajstić information content (AvgIpc) is 3.06. The predicted octanol–water partition coefficient (Wildman–Crippen LogP) is 3.82. The van der Waals surface area contributed by atoms with Gasteiger partial charge in [-0.3, -0.25) is 0 Å². The van der Waals surface area contributed by atoms with Crippen LogP contribution in [0.25, 0.3) is 16.9 Å². The Kier molecular flexibility index (Phi) is 3.47. The van der Waals surface area contributed by atoms with Crippen molar-refractivity contribution in [2.24, 2.45) is 5.14 Å². The maximum absolute atomic E-state index is 13.4. The van der Waals surface area contributed by atoms with Gasteiger partial charge in [-0.2, -0.15) is 18.3 Å². The summed E-state index contributed by atoms with van der Waals surface area (Å²) in [6.07, 6.45) is -4.85. The third-order valence-corrected chi connectivity index (χ3v) is 4.53. The Morgan fingerprint density at radius 1 is 1.11 bits per heavy atom. The maximum atomic E-state index is 13.4. The normalized spacial score (nSPS) is 14.4. The number of nitrogens with zero attached hydrogens (tertiary/aromatic N) is 2. The van der Waals surface area contributed by atoms with Gasteiger partial charge in [0.05, 0.1) is 21.8 Å². The van der Waals surface area contributed by atoms with Crippen LogP contribution < -0.4 is 5.14 Å². The van der Waals surface area contributed by atoms with Crippen molar-refractivity contribution < 1.29 is 27.1 Å². The second kappa shape index (κ2) is 6.50. The van der Waals surface area contributed by atoms with Crippen molar-refractivity contribution in [3.8, 4) is 16.9 Å². The third-order valence-electron chi connectivity index (χ3n) is 3.75. The van der Waals surface area contributed by atoms with Crippen LogP contribution in [-0.4, -0.2) is 18.2 Å². The highest BCUT2D eigenvalue weighted by Crippen LogP contribution is 2.34. The van der Waals surface area contributed by atoms with Crippen LogP contribution in [0.3, 0.4) is 0 Å². The van der Waals surface area contributed by atoms with Gasteiger partial charge in [-0.05, 0) is 55.7 Å². The largest absolute Gasteiger partial charge is 0.435 e. The number of benzene rings is 2. The second-order valence-electron chi connectivity index (χ2n) is 5.87. The molecule has 0 saturated heterocycles. The number of hydrogen-bond acceptors (Lipinski definition) is 3. The van der Waals surface area contributed by atoms with Gasteiger partial charge in [0.15, 0.2) is 5.69 Å². The van der Waals surface area contributed by atoms with Gasteiger partial charge in [-0.1, -0.05) is 17.7 Å². The molecular formula is C18H16F3N3O2S. The van der Waals surface area contributed by atoms with E-state index in [1.54, 1.807) is 32.0 Å². The minimum atomic E-state index is -4.85. The molecule has 5 nitrogen and oxygen atoms in total. The molecule has 0 aliphatic rings. The number of rotatable bonds is 3. The molecule has 0 aliphatic carbocycles. The number of hydrogen-bond donors (Lipinski definition) is 1. The van der Waals surface area contributed by atoms with Gasteiger partial charge in [0.25, 0.3) is 0 Å². The van der Waals surface area contributed by atoms with Crippen molar-refractivity contribution >= 4 is 10.0 Å². The Labute approximate surface area is 159 Å². The van der Waals surface area contributed by atoms with Crippen LogP contribution in [0, 0.1) is 13.8 Å². The van der Waals surface area contributed by atoms with E-state index in [2.05, 4.69) is 5.10 Å². The number of halogens is 3. The quantitative estimate of drug-likeness (QED) is 0.727. The lowest BCUT2D eigenvalue weighted by Crippen LogP contribution is -2.12. The summed E-state index contributed by atoms with van der Waals surface area (Å²) >= 11 is 0. The fourth-order valence-corrected chi connectivity index (χ4v) is 2.82. The lowest BCUT2D eigenvalue weighted by Gasteiger charge is -2.11. The summed E-state index contributed by atoms with van der Waals surface area (Å²) in [6, 6.07) is 1.96. The third kappa shape index (κ3) is 3.88. The molecule has 0 amide bonds. The summed E-state index contributed by atoms with van der Waals surface area (Å²) in [5.74, 6) is 0. The molecule has 142 valence electrons.